The lowest BCUT2D eigenvalue weighted by Crippen LogP contribution is -2.43. The minimum atomic E-state index is -1.72. The van der Waals surface area contributed by atoms with E-state index in [4.69, 9.17) is 27.9 Å². The van der Waals surface area contributed by atoms with Crippen LogP contribution < -0.4 is 11.2 Å². The highest BCUT2D eigenvalue weighted by Crippen LogP contribution is 2.47. The Balaban J connectivity index is 2.64. The normalized spacial score (nSPS) is 31.5. The first kappa shape index (κ1) is 18.0. The average Bonchev–Trinajstić information content (AvgIpc) is 2.76. The van der Waals surface area contributed by atoms with E-state index in [1.807, 2.05) is 0 Å². The van der Waals surface area contributed by atoms with Crippen LogP contribution in [-0.4, -0.2) is 43.5 Å². The van der Waals surface area contributed by atoms with E-state index in [0.717, 1.165) is 0 Å². The van der Waals surface area contributed by atoms with E-state index >= 15 is 0 Å². The molecule has 1 saturated heterocycles. The van der Waals surface area contributed by atoms with Gasteiger partial charge >= 0.3 is 5.69 Å². The minimum absolute atomic E-state index is 0.526. The zero-order chi connectivity index (χ0) is 17.4. The molecule has 2 rings (SSSR count). The van der Waals surface area contributed by atoms with Crippen LogP contribution in [0.15, 0.2) is 15.8 Å². The van der Waals surface area contributed by atoms with Crippen LogP contribution in [0.2, 0.25) is 0 Å². The molecule has 0 amide bonds. The molecule has 1 aromatic rings. The molecule has 2 unspecified atom stereocenters. The monoisotopic (exact) mass is 366 g/mol. The van der Waals surface area contributed by atoms with Crippen molar-refractivity contribution in [2.75, 3.05) is 6.61 Å². The van der Waals surface area contributed by atoms with Gasteiger partial charge in [0.15, 0.2) is 11.1 Å². The lowest BCUT2D eigenvalue weighted by Gasteiger charge is -2.27. The number of ether oxygens (including phenoxy) is 1. The van der Waals surface area contributed by atoms with Crippen molar-refractivity contribution in [3.05, 3.63) is 32.9 Å². The predicted molar refractivity (Wildman–Crippen MR) is 79.7 cm³/mol. The topological polar surface area (TPSA) is 105 Å². The molecule has 0 spiro atoms. The van der Waals surface area contributed by atoms with Crippen molar-refractivity contribution in [1.82, 2.24) is 9.55 Å². The first-order chi connectivity index (χ1) is 10.8. The van der Waals surface area contributed by atoms with Gasteiger partial charge in [-0.3, -0.25) is 14.3 Å². The number of halogens is 3. The maximum atomic E-state index is 13.5. The highest BCUT2D eigenvalue weighted by atomic mass is 35.5. The summed E-state index contributed by atoms with van der Waals surface area (Å²) in [5, 5.41) is 21.4. The van der Waals surface area contributed by atoms with Gasteiger partial charge in [0.25, 0.3) is 5.56 Å². The van der Waals surface area contributed by atoms with E-state index in [0.29, 0.717) is 10.8 Å². The molecule has 1 aliphatic rings. The summed E-state index contributed by atoms with van der Waals surface area (Å²) in [6, 6.07) is 0. The van der Waals surface area contributed by atoms with Gasteiger partial charge in [0.2, 0.25) is 5.82 Å². The number of aromatic nitrogens is 2. The summed E-state index contributed by atoms with van der Waals surface area (Å²) in [7, 11) is 0. The molecule has 0 bridgehead atoms. The number of nitrogens with zero attached hydrogens (tertiary/aromatic N) is 1. The molecule has 7 nitrogen and oxygen atoms in total. The van der Waals surface area contributed by atoms with Gasteiger partial charge in [-0.1, -0.05) is 17.5 Å². The lowest BCUT2D eigenvalue weighted by molar-refractivity contribution is -0.0689. The molecule has 5 atom stereocenters. The molecule has 0 aromatic carbocycles. The van der Waals surface area contributed by atoms with Crippen LogP contribution in [0.4, 0.5) is 4.39 Å². The molecule has 1 fully saturated rings. The summed E-state index contributed by atoms with van der Waals surface area (Å²) in [4.78, 5) is 23.1. The SMILES string of the molecule is C[C@H](O)[C@H]1O[C@@H](n2cc(F)c(=O)[nH]c2=O)C(Cl)(C#CCl)C1CO. The maximum Gasteiger partial charge on any atom is 0.330 e. The van der Waals surface area contributed by atoms with Crippen LogP contribution in [0.3, 0.4) is 0 Å². The standard InChI is InChI=1S/C13H13Cl2FN2O5/c1-6(20)9-7(5-19)13(15,2-3-14)11(23-9)18-4-8(16)10(21)17-12(18)22/h4,6-7,9,11,19-20H,5H2,1H3,(H,17,21,22)/t6-,7?,9+,11+,13?/m0/s1. The first-order valence-corrected chi connectivity index (χ1v) is 7.29. The molecule has 0 saturated carbocycles. The molecule has 3 N–H and O–H groups in total. The third-order valence-electron chi connectivity index (χ3n) is 3.67. The van der Waals surface area contributed by atoms with Crippen molar-refractivity contribution in [3.63, 3.8) is 0 Å². The predicted octanol–water partition coefficient (Wildman–Crippen LogP) is -0.260. The van der Waals surface area contributed by atoms with E-state index < -0.39 is 52.9 Å². The summed E-state index contributed by atoms with van der Waals surface area (Å²) >= 11 is 11.8. The number of aromatic amines is 1. The number of nitrogens with one attached hydrogen (secondary N) is 1. The second kappa shape index (κ2) is 6.63. The number of hydrogen-bond donors (Lipinski definition) is 3. The molecule has 1 aliphatic heterocycles. The molecular formula is C13H13Cl2FN2O5. The average molecular weight is 367 g/mol. The second-order valence-electron chi connectivity index (χ2n) is 5.11. The van der Waals surface area contributed by atoms with Gasteiger partial charge in [0.1, 0.15) is 0 Å². The van der Waals surface area contributed by atoms with E-state index in [1.165, 1.54) is 6.92 Å². The van der Waals surface area contributed by atoms with Gasteiger partial charge in [0, 0.05) is 11.3 Å². The van der Waals surface area contributed by atoms with Crippen molar-refractivity contribution in [2.24, 2.45) is 5.92 Å². The van der Waals surface area contributed by atoms with Gasteiger partial charge in [0.05, 0.1) is 25.0 Å². The van der Waals surface area contributed by atoms with Gasteiger partial charge in [-0.15, -0.1) is 0 Å². The Morgan fingerprint density at radius 1 is 1.61 bits per heavy atom. The fourth-order valence-corrected chi connectivity index (χ4v) is 3.18. The highest BCUT2D eigenvalue weighted by molar-refractivity contribution is 6.32. The third kappa shape index (κ3) is 3.03. The van der Waals surface area contributed by atoms with Gasteiger partial charge in [-0.25, -0.2) is 4.79 Å². The fraction of sp³-hybridized carbons (Fsp3) is 0.538. The van der Waals surface area contributed by atoms with E-state index in [1.54, 1.807) is 4.98 Å². The first-order valence-electron chi connectivity index (χ1n) is 6.53. The molecule has 2 heterocycles. The Morgan fingerprint density at radius 2 is 2.26 bits per heavy atom. The molecular weight excluding hydrogens is 354 g/mol. The van der Waals surface area contributed by atoms with Crippen molar-refractivity contribution in [2.45, 2.75) is 30.2 Å². The summed E-state index contributed by atoms with van der Waals surface area (Å²) in [6.07, 6.45) is -2.80. The van der Waals surface area contributed by atoms with Crippen molar-refractivity contribution in [1.29, 1.82) is 0 Å². The molecule has 1 aromatic heterocycles. The molecule has 23 heavy (non-hydrogen) atoms. The van der Waals surface area contributed by atoms with Gasteiger partial charge in [-0.05, 0) is 18.5 Å². The minimum Gasteiger partial charge on any atom is -0.396 e. The summed E-state index contributed by atoms with van der Waals surface area (Å²) in [5.74, 6) is 0.283. The largest absolute Gasteiger partial charge is 0.396 e. The zero-order valence-corrected chi connectivity index (χ0v) is 13.3. The number of hydrogen-bond acceptors (Lipinski definition) is 5. The quantitative estimate of drug-likeness (QED) is 0.505. The van der Waals surface area contributed by atoms with E-state index in [9.17, 15) is 24.2 Å². The van der Waals surface area contributed by atoms with E-state index in [2.05, 4.69) is 11.3 Å². The number of H-pyrrole nitrogens is 1. The fourth-order valence-electron chi connectivity index (χ4n) is 2.58. The van der Waals surface area contributed by atoms with Crippen molar-refractivity contribution in [3.8, 4) is 11.3 Å². The number of rotatable bonds is 3. The lowest BCUT2D eigenvalue weighted by atomic mass is 9.87. The Morgan fingerprint density at radius 3 is 2.78 bits per heavy atom. The second-order valence-corrected chi connectivity index (χ2v) is 5.93. The van der Waals surface area contributed by atoms with Gasteiger partial charge < -0.3 is 14.9 Å². The maximum absolute atomic E-state index is 13.5. The molecule has 126 valence electrons. The van der Waals surface area contributed by atoms with E-state index in [-0.39, 0.29) is 0 Å². The molecule has 10 heteroatoms. The Labute approximate surface area is 139 Å². The smallest absolute Gasteiger partial charge is 0.330 e. The van der Waals surface area contributed by atoms with Crippen LogP contribution in [0.25, 0.3) is 0 Å². The summed E-state index contributed by atoms with van der Waals surface area (Å²) in [6.45, 7) is 0.874. The van der Waals surface area contributed by atoms with Crippen LogP contribution >= 0.6 is 23.2 Å². The van der Waals surface area contributed by atoms with Crippen LogP contribution in [0, 0.1) is 23.0 Å². The Kier molecular flexibility index (Phi) is 5.18. The summed E-state index contributed by atoms with van der Waals surface area (Å²) < 4.78 is 19.8. The Hall–Kier alpha value is -1.37. The van der Waals surface area contributed by atoms with Crippen LogP contribution in [0.1, 0.15) is 13.2 Å². The van der Waals surface area contributed by atoms with Crippen LogP contribution in [0.5, 0.6) is 0 Å². The highest BCUT2D eigenvalue weighted by Gasteiger charge is 2.57. The van der Waals surface area contributed by atoms with Crippen LogP contribution in [-0.2, 0) is 4.74 Å². The summed E-state index contributed by atoms with van der Waals surface area (Å²) in [5.41, 5.74) is -2.18. The Bertz CT molecular complexity index is 768. The van der Waals surface area contributed by atoms with Gasteiger partial charge in [-0.2, -0.15) is 4.39 Å². The number of aliphatic hydroxyl groups is 2. The zero-order valence-electron chi connectivity index (χ0n) is 11.8. The third-order valence-corrected chi connectivity index (χ3v) is 4.33. The molecule has 0 aliphatic carbocycles. The molecule has 0 radical (unpaired) electrons. The number of aliphatic hydroxyl groups excluding tert-OH is 2. The van der Waals surface area contributed by atoms with Crippen molar-refractivity contribution < 1.29 is 19.3 Å². The number of alkyl halides is 1. The van der Waals surface area contributed by atoms with Crippen molar-refractivity contribution >= 4 is 23.2 Å².